The molecule has 0 nitrogen and oxygen atoms in total. The summed E-state index contributed by atoms with van der Waals surface area (Å²) >= 11 is 5.53. The highest BCUT2D eigenvalue weighted by molar-refractivity contribution is 14.1. The minimum atomic E-state index is 0.735. The molecule has 0 bridgehead atoms. The Morgan fingerprint density at radius 3 is 2.91 bits per heavy atom. The van der Waals surface area contributed by atoms with Crippen molar-refractivity contribution in [3.63, 3.8) is 0 Å². The van der Waals surface area contributed by atoms with Crippen molar-refractivity contribution >= 4 is 38.5 Å². The number of rotatable bonds is 0. The Morgan fingerprint density at radius 1 is 1.45 bits per heavy atom. The third kappa shape index (κ3) is 3.26. The van der Waals surface area contributed by atoms with Crippen molar-refractivity contribution in [2.45, 2.75) is 0 Å². The molecule has 1 aromatic carbocycles. The van der Waals surface area contributed by atoms with E-state index in [4.69, 9.17) is 0 Å². The molecule has 11 heavy (non-hydrogen) atoms. The molecule has 1 aromatic rings. The smallest absolute Gasteiger partial charge is 0.0649 e. The van der Waals surface area contributed by atoms with Crippen LogP contribution in [0.15, 0.2) is 24.3 Å². The van der Waals surface area contributed by atoms with Gasteiger partial charge in [-0.2, -0.15) is 0 Å². The fourth-order valence-corrected chi connectivity index (χ4v) is 1.38. The van der Waals surface area contributed by atoms with E-state index in [0.29, 0.717) is 0 Å². The molecule has 2 heteroatoms. The summed E-state index contributed by atoms with van der Waals surface area (Å²) in [6, 6.07) is 8.15. The van der Waals surface area contributed by atoms with Crippen LogP contribution in [0.25, 0.3) is 0 Å². The van der Waals surface area contributed by atoms with Crippen molar-refractivity contribution in [1.29, 1.82) is 0 Å². The number of benzene rings is 1. The van der Waals surface area contributed by atoms with E-state index < -0.39 is 0 Å². The molecule has 0 heterocycles. The summed E-state index contributed by atoms with van der Waals surface area (Å²) in [6.45, 7) is 0. The molecule has 0 N–H and O–H groups in total. The molecule has 0 aliphatic rings. The molecule has 0 amide bonds. The number of hydrogen-bond acceptors (Lipinski definition) is 0. The predicted octanol–water partition coefficient (Wildman–Crippen LogP) is 3.04. The van der Waals surface area contributed by atoms with E-state index in [2.05, 4.69) is 62.5 Å². The van der Waals surface area contributed by atoms with Gasteiger partial charge in [-0.25, -0.2) is 0 Å². The van der Waals surface area contributed by atoms with Crippen molar-refractivity contribution < 1.29 is 0 Å². The average Bonchev–Trinajstić information content (AvgIpc) is 2.01. The van der Waals surface area contributed by atoms with Crippen LogP contribution in [0.4, 0.5) is 0 Å². The number of alkyl halides is 1. The molecule has 0 aliphatic heterocycles. The maximum Gasteiger partial charge on any atom is 0.0649 e. The van der Waals surface area contributed by atoms with E-state index in [9.17, 15) is 0 Å². The summed E-state index contributed by atoms with van der Waals surface area (Å²) in [5.74, 6) is 5.99. The molecular formula is C9H6BrI. The fraction of sp³-hybridized carbons (Fsp3) is 0.111. The third-order valence-corrected chi connectivity index (χ3v) is 2.08. The molecule has 56 valence electrons. The van der Waals surface area contributed by atoms with Crippen LogP contribution < -0.4 is 0 Å². The summed E-state index contributed by atoms with van der Waals surface area (Å²) in [7, 11) is 0. The minimum Gasteiger partial charge on any atom is -0.0863 e. The first-order valence-corrected chi connectivity index (χ1v) is 5.33. The molecule has 0 unspecified atom stereocenters. The summed E-state index contributed by atoms with van der Waals surface area (Å²) in [4.78, 5) is 0. The van der Waals surface area contributed by atoms with Crippen LogP contribution in [-0.2, 0) is 0 Å². The topological polar surface area (TPSA) is 0 Å². The van der Waals surface area contributed by atoms with Crippen LogP contribution in [0.2, 0.25) is 0 Å². The van der Waals surface area contributed by atoms with E-state index >= 15 is 0 Å². The monoisotopic (exact) mass is 320 g/mol. The van der Waals surface area contributed by atoms with Crippen molar-refractivity contribution in [3.05, 3.63) is 33.4 Å². The van der Waals surface area contributed by atoms with Crippen LogP contribution in [0.1, 0.15) is 5.56 Å². The van der Waals surface area contributed by atoms with Crippen molar-refractivity contribution in [2.75, 3.05) is 5.33 Å². The summed E-state index contributed by atoms with van der Waals surface area (Å²) in [5, 5.41) is 0.735. The van der Waals surface area contributed by atoms with Crippen molar-refractivity contribution in [3.8, 4) is 11.8 Å². The maximum absolute atomic E-state index is 3.25. The molecule has 0 fully saturated rings. The largest absolute Gasteiger partial charge is 0.0863 e. The Labute approximate surface area is 88.7 Å². The van der Waals surface area contributed by atoms with E-state index in [0.717, 1.165) is 10.9 Å². The van der Waals surface area contributed by atoms with Gasteiger partial charge in [0.2, 0.25) is 0 Å². The molecule has 0 aliphatic carbocycles. The Kier molecular flexibility index (Phi) is 3.95. The summed E-state index contributed by atoms with van der Waals surface area (Å²) < 4.78 is 1.23. The highest BCUT2D eigenvalue weighted by Crippen LogP contribution is 2.06. The molecule has 0 saturated heterocycles. The van der Waals surface area contributed by atoms with Gasteiger partial charge in [-0.1, -0.05) is 33.8 Å². The van der Waals surface area contributed by atoms with Gasteiger partial charge in [-0.15, -0.1) is 0 Å². The zero-order valence-corrected chi connectivity index (χ0v) is 9.52. The van der Waals surface area contributed by atoms with Gasteiger partial charge in [0, 0.05) is 9.13 Å². The Balaban J connectivity index is 2.87. The standard InChI is InChI=1S/C9H6BrI/c10-6-2-4-8-3-1-5-9(11)7-8/h1,3,5,7H,6H2. The van der Waals surface area contributed by atoms with Gasteiger partial charge in [0.1, 0.15) is 0 Å². The second-order valence-corrected chi connectivity index (χ2v) is 3.75. The van der Waals surface area contributed by atoms with E-state index in [-0.39, 0.29) is 0 Å². The Morgan fingerprint density at radius 2 is 2.27 bits per heavy atom. The highest BCUT2D eigenvalue weighted by Gasteiger charge is 1.86. The Hall–Kier alpha value is -0.0100. The zero-order valence-electron chi connectivity index (χ0n) is 5.77. The van der Waals surface area contributed by atoms with Gasteiger partial charge in [0.05, 0.1) is 5.33 Å². The first kappa shape index (κ1) is 9.08. The second-order valence-electron chi connectivity index (χ2n) is 1.95. The van der Waals surface area contributed by atoms with Gasteiger partial charge in [0.25, 0.3) is 0 Å². The molecular weight excluding hydrogens is 315 g/mol. The van der Waals surface area contributed by atoms with Gasteiger partial charge >= 0.3 is 0 Å². The predicted molar refractivity (Wildman–Crippen MR) is 59.8 cm³/mol. The summed E-state index contributed by atoms with van der Waals surface area (Å²) in [6.07, 6.45) is 0. The van der Waals surface area contributed by atoms with E-state index in [1.165, 1.54) is 3.57 Å². The molecule has 0 atom stereocenters. The van der Waals surface area contributed by atoms with Gasteiger partial charge in [0.15, 0.2) is 0 Å². The molecule has 0 spiro atoms. The maximum atomic E-state index is 3.25. The van der Waals surface area contributed by atoms with Crippen LogP contribution >= 0.6 is 38.5 Å². The van der Waals surface area contributed by atoms with Crippen molar-refractivity contribution in [2.24, 2.45) is 0 Å². The van der Waals surface area contributed by atoms with Crippen LogP contribution in [0.5, 0.6) is 0 Å². The molecule has 0 aromatic heterocycles. The molecule has 0 radical (unpaired) electrons. The van der Waals surface area contributed by atoms with E-state index in [1.54, 1.807) is 0 Å². The quantitative estimate of drug-likeness (QED) is 0.391. The van der Waals surface area contributed by atoms with Crippen LogP contribution in [0, 0.1) is 15.4 Å². The van der Waals surface area contributed by atoms with Gasteiger partial charge < -0.3 is 0 Å². The summed E-state index contributed by atoms with van der Waals surface area (Å²) in [5.41, 5.74) is 1.08. The number of halogens is 2. The SMILES string of the molecule is BrCC#Cc1cccc(I)c1. The lowest BCUT2D eigenvalue weighted by molar-refractivity contribution is 1.59. The number of hydrogen-bond donors (Lipinski definition) is 0. The first-order chi connectivity index (χ1) is 5.33. The fourth-order valence-electron chi connectivity index (χ4n) is 0.702. The molecule has 1 rings (SSSR count). The minimum absolute atomic E-state index is 0.735. The average molecular weight is 321 g/mol. The van der Waals surface area contributed by atoms with E-state index in [1.807, 2.05) is 12.1 Å². The van der Waals surface area contributed by atoms with Gasteiger partial charge in [-0.05, 0) is 40.8 Å². The molecule has 0 saturated carbocycles. The lowest BCUT2D eigenvalue weighted by atomic mass is 10.2. The lowest BCUT2D eigenvalue weighted by Gasteiger charge is -1.89. The lowest BCUT2D eigenvalue weighted by Crippen LogP contribution is -1.75. The highest BCUT2D eigenvalue weighted by atomic mass is 127. The second kappa shape index (κ2) is 4.78. The first-order valence-electron chi connectivity index (χ1n) is 3.13. The third-order valence-electron chi connectivity index (χ3n) is 1.12. The van der Waals surface area contributed by atoms with Gasteiger partial charge in [-0.3, -0.25) is 0 Å². The van der Waals surface area contributed by atoms with Crippen molar-refractivity contribution in [1.82, 2.24) is 0 Å². The zero-order chi connectivity index (χ0) is 8.10. The normalized spacial score (nSPS) is 8.55. The van der Waals surface area contributed by atoms with Crippen LogP contribution in [-0.4, -0.2) is 5.33 Å². The van der Waals surface area contributed by atoms with Crippen LogP contribution in [0.3, 0.4) is 0 Å². The Bertz CT molecular complexity index is 296.